The first kappa shape index (κ1) is 9.81. The number of benzene rings is 1. The maximum Gasteiger partial charge on any atom is 0.133 e. The molecule has 1 nitrogen and oxygen atoms in total. The van der Waals surface area contributed by atoms with E-state index in [1.807, 2.05) is 31.2 Å². The van der Waals surface area contributed by atoms with Gasteiger partial charge in [-0.1, -0.05) is 11.6 Å². The zero-order chi connectivity index (χ0) is 10.1. The van der Waals surface area contributed by atoms with Crippen molar-refractivity contribution in [1.82, 2.24) is 0 Å². The first-order valence-electron chi connectivity index (χ1n) is 4.18. The molecular weight excluding hydrogens is 263 g/mol. The van der Waals surface area contributed by atoms with Gasteiger partial charge in [-0.15, -0.1) is 0 Å². The predicted octanol–water partition coefficient (Wildman–Crippen LogP) is 4.67. The van der Waals surface area contributed by atoms with Crippen molar-refractivity contribution in [1.29, 1.82) is 0 Å². The van der Waals surface area contributed by atoms with Crippen molar-refractivity contribution in [3.8, 4) is 11.3 Å². The van der Waals surface area contributed by atoms with Crippen LogP contribution in [0.3, 0.4) is 0 Å². The summed E-state index contributed by atoms with van der Waals surface area (Å²) >= 11 is 9.46. The number of furan rings is 1. The average molecular weight is 272 g/mol. The number of hydrogen-bond donors (Lipinski definition) is 0. The van der Waals surface area contributed by atoms with Crippen LogP contribution in [0.15, 0.2) is 39.4 Å². The third kappa shape index (κ3) is 1.72. The van der Waals surface area contributed by atoms with Crippen LogP contribution in [-0.4, -0.2) is 0 Å². The normalized spacial score (nSPS) is 10.5. The van der Waals surface area contributed by atoms with E-state index < -0.39 is 0 Å². The summed E-state index contributed by atoms with van der Waals surface area (Å²) < 4.78 is 6.23. The monoisotopic (exact) mass is 270 g/mol. The van der Waals surface area contributed by atoms with Gasteiger partial charge in [0, 0.05) is 10.0 Å². The van der Waals surface area contributed by atoms with E-state index in [9.17, 15) is 0 Å². The minimum Gasteiger partial charge on any atom is -0.464 e. The molecule has 0 aliphatic rings. The molecule has 1 aromatic carbocycles. The van der Waals surface area contributed by atoms with Gasteiger partial charge in [-0.05, 0) is 52.7 Å². The SMILES string of the molecule is Cc1cc(-c2ccco2)cc(Cl)c1Br. The molecule has 0 atom stereocenters. The van der Waals surface area contributed by atoms with Gasteiger partial charge in [0.15, 0.2) is 0 Å². The highest BCUT2D eigenvalue weighted by atomic mass is 79.9. The second kappa shape index (κ2) is 3.79. The Kier molecular flexibility index (Phi) is 2.66. The molecule has 0 radical (unpaired) electrons. The van der Waals surface area contributed by atoms with Crippen molar-refractivity contribution >= 4 is 27.5 Å². The molecule has 72 valence electrons. The van der Waals surface area contributed by atoms with Crippen LogP contribution in [0.25, 0.3) is 11.3 Å². The standard InChI is InChI=1S/C11H8BrClO/c1-7-5-8(6-9(13)11(7)12)10-3-2-4-14-10/h2-6H,1H3. The topological polar surface area (TPSA) is 13.1 Å². The van der Waals surface area contributed by atoms with Crippen molar-refractivity contribution < 1.29 is 4.42 Å². The summed E-state index contributed by atoms with van der Waals surface area (Å²) in [5, 5.41) is 0.705. The molecule has 2 rings (SSSR count). The molecule has 0 fully saturated rings. The van der Waals surface area contributed by atoms with Crippen LogP contribution in [0.1, 0.15) is 5.56 Å². The van der Waals surface area contributed by atoms with E-state index >= 15 is 0 Å². The largest absolute Gasteiger partial charge is 0.464 e. The molecule has 0 bridgehead atoms. The third-order valence-electron chi connectivity index (χ3n) is 2.02. The van der Waals surface area contributed by atoms with Crippen LogP contribution in [0.4, 0.5) is 0 Å². The summed E-state index contributed by atoms with van der Waals surface area (Å²) in [6.45, 7) is 2.00. The molecule has 0 unspecified atom stereocenters. The van der Waals surface area contributed by atoms with Gasteiger partial charge in [-0.3, -0.25) is 0 Å². The van der Waals surface area contributed by atoms with Crippen LogP contribution in [0.5, 0.6) is 0 Å². The van der Waals surface area contributed by atoms with Crippen LogP contribution < -0.4 is 0 Å². The summed E-state index contributed by atoms with van der Waals surface area (Å²) in [6, 6.07) is 7.70. The molecule has 0 N–H and O–H groups in total. The van der Waals surface area contributed by atoms with E-state index in [2.05, 4.69) is 15.9 Å². The average Bonchev–Trinajstić information content (AvgIpc) is 2.66. The number of aryl methyl sites for hydroxylation is 1. The zero-order valence-electron chi connectivity index (χ0n) is 7.55. The van der Waals surface area contributed by atoms with Gasteiger partial charge in [0.25, 0.3) is 0 Å². The molecular formula is C11H8BrClO. The second-order valence-electron chi connectivity index (χ2n) is 3.07. The molecule has 3 heteroatoms. The lowest BCUT2D eigenvalue weighted by molar-refractivity contribution is 0.582. The summed E-state index contributed by atoms with van der Waals surface area (Å²) in [5.74, 6) is 0.836. The Labute approximate surface area is 95.8 Å². The van der Waals surface area contributed by atoms with Crippen LogP contribution in [0.2, 0.25) is 5.02 Å². The first-order chi connectivity index (χ1) is 6.68. The molecule has 0 saturated heterocycles. The van der Waals surface area contributed by atoms with Crippen molar-refractivity contribution in [3.05, 3.63) is 45.6 Å². The molecule has 14 heavy (non-hydrogen) atoms. The van der Waals surface area contributed by atoms with Crippen molar-refractivity contribution in [2.24, 2.45) is 0 Å². The molecule has 2 aromatic rings. The Bertz CT molecular complexity index is 425. The van der Waals surface area contributed by atoms with E-state index in [0.717, 1.165) is 21.4 Å². The zero-order valence-corrected chi connectivity index (χ0v) is 9.89. The first-order valence-corrected chi connectivity index (χ1v) is 5.35. The van der Waals surface area contributed by atoms with Crippen molar-refractivity contribution in [3.63, 3.8) is 0 Å². The number of rotatable bonds is 1. The minimum absolute atomic E-state index is 0.705. The highest BCUT2D eigenvalue weighted by Crippen LogP contribution is 2.32. The minimum atomic E-state index is 0.705. The maximum atomic E-state index is 6.05. The molecule has 0 amide bonds. The highest BCUT2D eigenvalue weighted by Gasteiger charge is 2.06. The molecule has 0 saturated carbocycles. The fourth-order valence-electron chi connectivity index (χ4n) is 1.31. The quantitative estimate of drug-likeness (QED) is 0.734. The highest BCUT2D eigenvalue weighted by molar-refractivity contribution is 9.10. The Morgan fingerprint density at radius 2 is 2.14 bits per heavy atom. The Morgan fingerprint density at radius 3 is 2.71 bits per heavy atom. The lowest BCUT2D eigenvalue weighted by atomic mass is 10.1. The molecule has 1 heterocycles. The summed E-state index contributed by atoms with van der Waals surface area (Å²) in [5.41, 5.74) is 2.10. The van der Waals surface area contributed by atoms with Crippen molar-refractivity contribution in [2.45, 2.75) is 6.92 Å². The second-order valence-corrected chi connectivity index (χ2v) is 4.27. The number of halogens is 2. The van der Waals surface area contributed by atoms with Gasteiger partial charge >= 0.3 is 0 Å². The number of hydrogen-bond acceptors (Lipinski definition) is 1. The predicted molar refractivity (Wildman–Crippen MR) is 61.6 cm³/mol. The summed E-state index contributed by atoms with van der Waals surface area (Å²) in [7, 11) is 0. The molecule has 0 aliphatic heterocycles. The van der Waals surface area contributed by atoms with Crippen LogP contribution in [0, 0.1) is 6.92 Å². The fraction of sp³-hybridized carbons (Fsp3) is 0.0909. The summed E-state index contributed by atoms with van der Waals surface area (Å²) in [6.07, 6.45) is 1.65. The van der Waals surface area contributed by atoms with Crippen molar-refractivity contribution in [2.75, 3.05) is 0 Å². The maximum absolute atomic E-state index is 6.05. The van der Waals surface area contributed by atoms with Crippen LogP contribution in [-0.2, 0) is 0 Å². The fourth-order valence-corrected chi connectivity index (χ4v) is 1.81. The lowest BCUT2D eigenvalue weighted by Crippen LogP contribution is -1.81. The Hall–Kier alpha value is -0.730. The van der Waals surface area contributed by atoms with Gasteiger partial charge in [0.1, 0.15) is 5.76 Å². The van der Waals surface area contributed by atoms with E-state index in [-0.39, 0.29) is 0 Å². The molecule has 0 spiro atoms. The van der Waals surface area contributed by atoms with Gasteiger partial charge in [-0.2, -0.15) is 0 Å². The third-order valence-corrected chi connectivity index (χ3v) is 3.59. The van der Waals surface area contributed by atoms with E-state index in [0.29, 0.717) is 5.02 Å². The van der Waals surface area contributed by atoms with Gasteiger partial charge in [0.05, 0.1) is 11.3 Å². The smallest absolute Gasteiger partial charge is 0.133 e. The van der Waals surface area contributed by atoms with E-state index in [1.54, 1.807) is 6.26 Å². The molecule has 0 aliphatic carbocycles. The van der Waals surface area contributed by atoms with Gasteiger partial charge in [-0.25, -0.2) is 0 Å². The Balaban J connectivity index is 2.57. The van der Waals surface area contributed by atoms with E-state index in [1.165, 1.54) is 0 Å². The summed E-state index contributed by atoms with van der Waals surface area (Å²) in [4.78, 5) is 0. The van der Waals surface area contributed by atoms with Gasteiger partial charge in [0.2, 0.25) is 0 Å². The lowest BCUT2D eigenvalue weighted by Gasteiger charge is -2.04. The van der Waals surface area contributed by atoms with E-state index in [4.69, 9.17) is 16.0 Å². The Morgan fingerprint density at radius 1 is 1.36 bits per heavy atom. The molecule has 1 aromatic heterocycles. The van der Waals surface area contributed by atoms with Crippen LogP contribution >= 0.6 is 27.5 Å². The van der Waals surface area contributed by atoms with Gasteiger partial charge < -0.3 is 4.42 Å².